The summed E-state index contributed by atoms with van der Waals surface area (Å²) in [6.45, 7) is 0. The second-order valence-electron chi connectivity index (χ2n) is 9.13. The molecule has 1 heterocycles. The lowest BCUT2D eigenvalue weighted by atomic mass is 9.49. The Morgan fingerprint density at radius 2 is 1.80 bits per heavy atom. The summed E-state index contributed by atoms with van der Waals surface area (Å²) in [5.41, 5.74) is -0.176. The Morgan fingerprint density at radius 1 is 1.08 bits per heavy atom. The van der Waals surface area contributed by atoms with Gasteiger partial charge in [-0.05, 0) is 63.2 Å². The van der Waals surface area contributed by atoms with Crippen molar-refractivity contribution in [3.8, 4) is 0 Å². The Kier molecular flexibility index (Phi) is 4.01. The van der Waals surface area contributed by atoms with Crippen LogP contribution in [-0.4, -0.2) is 20.4 Å². The van der Waals surface area contributed by atoms with Crippen molar-refractivity contribution in [1.82, 2.24) is 10.2 Å². The number of carbonyl (C=O) groups is 1. The van der Waals surface area contributed by atoms with Gasteiger partial charge in [-0.2, -0.15) is 0 Å². The van der Waals surface area contributed by atoms with Crippen molar-refractivity contribution in [2.45, 2.75) is 80.9 Å². The number of halogens is 1. The van der Waals surface area contributed by atoms with Crippen LogP contribution < -0.4 is 5.32 Å². The fourth-order valence-corrected chi connectivity index (χ4v) is 8.81. The minimum absolute atomic E-state index is 0.176. The maximum absolute atomic E-state index is 13.2. The first-order valence-electron chi connectivity index (χ1n) is 9.87. The zero-order chi connectivity index (χ0) is 17.1. The summed E-state index contributed by atoms with van der Waals surface area (Å²) in [5, 5.41) is 13.7. The van der Waals surface area contributed by atoms with Gasteiger partial charge in [0.25, 0.3) is 0 Å². The zero-order valence-corrected chi connectivity index (χ0v) is 17.0. The minimum Gasteiger partial charge on any atom is -0.300 e. The molecule has 2 atom stereocenters. The molecule has 6 rings (SSSR count). The van der Waals surface area contributed by atoms with E-state index in [-0.39, 0.29) is 15.6 Å². The molecule has 5 aliphatic carbocycles. The number of alkyl halides is 1. The summed E-state index contributed by atoms with van der Waals surface area (Å²) >= 11 is 5.60. The van der Waals surface area contributed by atoms with Gasteiger partial charge in [-0.1, -0.05) is 46.5 Å². The van der Waals surface area contributed by atoms with Crippen LogP contribution in [0, 0.1) is 17.3 Å². The monoisotopic (exact) mass is 423 g/mol. The first-order valence-corrected chi connectivity index (χ1v) is 11.5. The standard InChI is InChI=1S/C19H26BrN3OS/c20-19-9-12-6-13(10-19)8-18(7-12,11-19)16(24)21-17-23-22-15(25-17)14-4-2-1-3-5-14/h12-14H,1-11H2,(H,21,23,24). The predicted octanol–water partition coefficient (Wildman–Crippen LogP) is 5.26. The van der Waals surface area contributed by atoms with Crippen LogP contribution in [0.25, 0.3) is 0 Å². The van der Waals surface area contributed by atoms with E-state index >= 15 is 0 Å². The number of nitrogens with one attached hydrogen (secondary N) is 1. The molecule has 1 aromatic rings. The molecule has 4 bridgehead atoms. The molecule has 25 heavy (non-hydrogen) atoms. The highest BCUT2D eigenvalue weighted by Crippen LogP contribution is 2.64. The Morgan fingerprint density at radius 3 is 2.48 bits per heavy atom. The van der Waals surface area contributed by atoms with Gasteiger partial charge in [-0.3, -0.25) is 4.79 Å². The highest BCUT2D eigenvalue weighted by molar-refractivity contribution is 9.10. The molecule has 0 radical (unpaired) electrons. The van der Waals surface area contributed by atoms with Crippen LogP contribution >= 0.6 is 27.3 Å². The molecule has 0 aliphatic heterocycles. The molecule has 6 heteroatoms. The van der Waals surface area contributed by atoms with Gasteiger partial charge in [0.2, 0.25) is 11.0 Å². The van der Waals surface area contributed by atoms with Crippen LogP contribution in [-0.2, 0) is 4.79 Å². The largest absolute Gasteiger partial charge is 0.300 e. The van der Waals surface area contributed by atoms with E-state index in [2.05, 4.69) is 31.4 Å². The van der Waals surface area contributed by atoms with Crippen LogP contribution in [0.1, 0.15) is 81.6 Å². The average molecular weight is 424 g/mol. The maximum atomic E-state index is 13.2. The van der Waals surface area contributed by atoms with E-state index in [4.69, 9.17) is 0 Å². The lowest BCUT2D eigenvalue weighted by Gasteiger charge is -2.59. The molecule has 0 spiro atoms. The molecule has 1 amide bonds. The number of rotatable bonds is 3. The maximum Gasteiger partial charge on any atom is 0.232 e. The molecule has 136 valence electrons. The van der Waals surface area contributed by atoms with Gasteiger partial charge in [-0.15, -0.1) is 10.2 Å². The average Bonchev–Trinajstić information content (AvgIpc) is 3.02. The van der Waals surface area contributed by atoms with Gasteiger partial charge in [0.05, 0.1) is 5.41 Å². The fraction of sp³-hybridized carbons (Fsp3) is 0.842. The van der Waals surface area contributed by atoms with E-state index in [0.717, 1.165) is 36.1 Å². The third-order valence-corrected chi connectivity index (χ3v) is 9.02. The second-order valence-corrected chi connectivity index (χ2v) is 11.8. The fourth-order valence-electron chi connectivity index (χ4n) is 6.45. The molecule has 0 aromatic carbocycles. The van der Waals surface area contributed by atoms with Crippen molar-refractivity contribution >= 4 is 38.3 Å². The summed E-state index contributed by atoms with van der Waals surface area (Å²) in [4.78, 5) is 13.2. The van der Waals surface area contributed by atoms with Crippen LogP contribution in [0.5, 0.6) is 0 Å². The van der Waals surface area contributed by atoms with Gasteiger partial charge in [0.1, 0.15) is 5.01 Å². The summed E-state index contributed by atoms with van der Waals surface area (Å²) in [7, 11) is 0. The van der Waals surface area contributed by atoms with E-state index in [1.165, 1.54) is 51.4 Å². The number of carbonyl (C=O) groups excluding carboxylic acids is 1. The van der Waals surface area contributed by atoms with E-state index in [1.54, 1.807) is 11.3 Å². The highest BCUT2D eigenvalue weighted by atomic mass is 79.9. The highest BCUT2D eigenvalue weighted by Gasteiger charge is 2.59. The van der Waals surface area contributed by atoms with Crippen LogP contribution in [0.3, 0.4) is 0 Å². The Balaban J connectivity index is 1.31. The topological polar surface area (TPSA) is 54.9 Å². The Labute approximate surface area is 161 Å². The third kappa shape index (κ3) is 2.97. The summed E-state index contributed by atoms with van der Waals surface area (Å²) < 4.78 is 0.211. The van der Waals surface area contributed by atoms with Crippen molar-refractivity contribution in [2.75, 3.05) is 5.32 Å². The van der Waals surface area contributed by atoms with Crippen molar-refractivity contribution in [2.24, 2.45) is 17.3 Å². The second kappa shape index (κ2) is 6.01. The summed E-state index contributed by atoms with van der Waals surface area (Å²) in [6.07, 6.45) is 13.3. The van der Waals surface area contributed by atoms with Crippen molar-refractivity contribution in [3.63, 3.8) is 0 Å². The quantitative estimate of drug-likeness (QED) is 0.674. The number of amides is 1. The summed E-state index contributed by atoms with van der Waals surface area (Å²) in [5.74, 6) is 2.20. The molecule has 5 fully saturated rings. The van der Waals surface area contributed by atoms with Crippen LogP contribution in [0.2, 0.25) is 0 Å². The molecular formula is C19H26BrN3OS. The van der Waals surface area contributed by atoms with Gasteiger partial charge in [0, 0.05) is 10.2 Å². The van der Waals surface area contributed by atoms with Crippen LogP contribution in [0.15, 0.2) is 0 Å². The predicted molar refractivity (Wildman–Crippen MR) is 103 cm³/mol. The van der Waals surface area contributed by atoms with E-state index < -0.39 is 0 Å². The normalized spacial score (nSPS) is 40.4. The first-order chi connectivity index (χ1) is 12.0. The van der Waals surface area contributed by atoms with Crippen molar-refractivity contribution in [1.29, 1.82) is 0 Å². The number of nitrogens with zero attached hydrogens (tertiary/aromatic N) is 2. The molecule has 5 saturated carbocycles. The zero-order valence-electron chi connectivity index (χ0n) is 14.6. The van der Waals surface area contributed by atoms with E-state index in [9.17, 15) is 4.79 Å². The van der Waals surface area contributed by atoms with E-state index in [0.29, 0.717) is 11.0 Å². The molecule has 1 N–H and O–H groups in total. The Hall–Kier alpha value is -0.490. The molecule has 0 saturated heterocycles. The van der Waals surface area contributed by atoms with Gasteiger partial charge >= 0.3 is 0 Å². The van der Waals surface area contributed by atoms with Crippen molar-refractivity contribution < 1.29 is 4.79 Å². The smallest absolute Gasteiger partial charge is 0.232 e. The number of aromatic nitrogens is 2. The number of anilines is 1. The number of hydrogen-bond acceptors (Lipinski definition) is 4. The lowest BCUT2D eigenvalue weighted by molar-refractivity contribution is -0.138. The molecule has 4 nitrogen and oxygen atoms in total. The molecule has 5 aliphatic rings. The summed E-state index contributed by atoms with van der Waals surface area (Å²) in [6, 6.07) is 0. The molecular weight excluding hydrogens is 398 g/mol. The van der Waals surface area contributed by atoms with Gasteiger partial charge in [0.15, 0.2) is 0 Å². The third-order valence-electron chi connectivity index (χ3n) is 7.09. The molecule has 1 aromatic heterocycles. The first kappa shape index (κ1) is 16.7. The van der Waals surface area contributed by atoms with E-state index in [1.807, 2.05) is 0 Å². The van der Waals surface area contributed by atoms with Gasteiger partial charge in [-0.25, -0.2) is 0 Å². The molecule has 2 unspecified atom stereocenters. The van der Waals surface area contributed by atoms with Gasteiger partial charge < -0.3 is 5.32 Å². The van der Waals surface area contributed by atoms with Crippen molar-refractivity contribution in [3.05, 3.63) is 5.01 Å². The minimum atomic E-state index is -0.176. The van der Waals surface area contributed by atoms with Crippen LogP contribution in [0.4, 0.5) is 5.13 Å². The SMILES string of the molecule is O=C(Nc1nnc(C2CCCCC2)s1)C12CC3CC(CC(Br)(C3)C1)C2. The lowest BCUT2D eigenvalue weighted by Crippen LogP contribution is -2.57. The number of hydrogen-bond donors (Lipinski definition) is 1. The Bertz CT molecular complexity index is 670.